The molecule has 0 radical (unpaired) electrons. The van der Waals surface area contributed by atoms with Crippen LogP contribution in [0, 0.1) is 0 Å². The third kappa shape index (κ3) is 1.72. The smallest absolute Gasteiger partial charge is 0.113 e. The summed E-state index contributed by atoms with van der Waals surface area (Å²) in [5.41, 5.74) is 8.20. The molecular formula is C13H18N4. The van der Waals surface area contributed by atoms with E-state index in [0.717, 1.165) is 31.3 Å². The van der Waals surface area contributed by atoms with Crippen LogP contribution in [0.15, 0.2) is 18.5 Å². The van der Waals surface area contributed by atoms with Crippen molar-refractivity contribution in [3.8, 4) is 0 Å². The van der Waals surface area contributed by atoms with E-state index >= 15 is 0 Å². The molecule has 2 aromatic rings. The maximum Gasteiger partial charge on any atom is 0.113 e. The first-order valence-corrected chi connectivity index (χ1v) is 6.35. The van der Waals surface area contributed by atoms with Gasteiger partial charge in [-0.1, -0.05) is 0 Å². The zero-order valence-corrected chi connectivity index (χ0v) is 10.1. The highest BCUT2D eigenvalue weighted by Crippen LogP contribution is 2.34. The monoisotopic (exact) mass is 230 g/mol. The second-order valence-corrected chi connectivity index (χ2v) is 4.85. The number of aryl methyl sites for hydroxylation is 1. The van der Waals surface area contributed by atoms with Crippen LogP contribution in [0.5, 0.6) is 0 Å². The number of aromatic nitrogens is 3. The van der Waals surface area contributed by atoms with E-state index < -0.39 is 0 Å². The quantitative estimate of drug-likeness (QED) is 0.859. The molecular weight excluding hydrogens is 212 g/mol. The molecule has 4 heteroatoms. The van der Waals surface area contributed by atoms with Crippen molar-refractivity contribution < 1.29 is 0 Å². The zero-order chi connectivity index (χ0) is 11.8. The van der Waals surface area contributed by atoms with E-state index in [-0.39, 0.29) is 0 Å². The molecule has 2 unspecified atom stereocenters. The van der Waals surface area contributed by atoms with E-state index in [9.17, 15) is 0 Å². The average molecular weight is 230 g/mol. The van der Waals surface area contributed by atoms with Crippen molar-refractivity contribution in [2.75, 3.05) is 0 Å². The standard InChI is InChI=1S/C13H18N4/c1-2-17-12-5-6-15-8-11(12)16-13(17)9-3-4-10(14)7-9/h5-6,8-10H,2-4,7,14H2,1H3. The van der Waals surface area contributed by atoms with Gasteiger partial charge in [-0.3, -0.25) is 4.98 Å². The van der Waals surface area contributed by atoms with Crippen LogP contribution in [-0.2, 0) is 6.54 Å². The molecule has 1 fully saturated rings. The molecule has 1 aliphatic carbocycles. The summed E-state index contributed by atoms with van der Waals surface area (Å²) in [4.78, 5) is 8.89. The highest BCUT2D eigenvalue weighted by Gasteiger charge is 2.27. The van der Waals surface area contributed by atoms with Gasteiger partial charge in [0.15, 0.2) is 0 Å². The molecule has 4 nitrogen and oxygen atoms in total. The van der Waals surface area contributed by atoms with Gasteiger partial charge in [-0.2, -0.15) is 0 Å². The summed E-state index contributed by atoms with van der Waals surface area (Å²) in [6.45, 7) is 3.13. The zero-order valence-electron chi connectivity index (χ0n) is 10.1. The minimum absolute atomic E-state index is 0.350. The Morgan fingerprint density at radius 3 is 3.06 bits per heavy atom. The summed E-state index contributed by atoms with van der Waals surface area (Å²) in [6.07, 6.45) is 7.03. The van der Waals surface area contributed by atoms with E-state index in [4.69, 9.17) is 10.7 Å². The van der Waals surface area contributed by atoms with E-state index in [1.165, 1.54) is 11.3 Å². The Kier molecular flexibility index (Phi) is 2.59. The van der Waals surface area contributed by atoms with Crippen LogP contribution in [0.2, 0.25) is 0 Å². The minimum atomic E-state index is 0.350. The molecule has 3 rings (SSSR count). The van der Waals surface area contributed by atoms with Gasteiger partial charge in [-0.05, 0) is 32.3 Å². The maximum absolute atomic E-state index is 6.00. The minimum Gasteiger partial charge on any atom is -0.328 e. The lowest BCUT2D eigenvalue weighted by molar-refractivity contribution is 0.598. The first-order chi connectivity index (χ1) is 8.29. The number of fused-ring (bicyclic) bond motifs is 1. The number of nitrogens with two attached hydrogens (primary N) is 1. The molecule has 17 heavy (non-hydrogen) atoms. The van der Waals surface area contributed by atoms with Gasteiger partial charge in [-0.25, -0.2) is 4.98 Å². The van der Waals surface area contributed by atoms with Crippen LogP contribution in [0.4, 0.5) is 0 Å². The van der Waals surface area contributed by atoms with Gasteiger partial charge in [0.25, 0.3) is 0 Å². The number of hydrogen-bond donors (Lipinski definition) is 1. The second-order valence-electron chi connectivity index (χ2n) is 4.85. The molecule has 0 aliphatic heterocycles. The molecule has 0 amide bonds. The summed E-state index contributed by atoms with van der Waals surface area (Å²) in [7, 11) is 0. The predicted octanol–water partition coefficient (Wildman–Crippen LogP) is 2.05. The number of hydrogen-bond acceptors (Lipinski definition) is 3. The van der Waals surface area contributed by atoms with Gasteiger partial charge < -0.3 is 10.3 Å². The fourth-order valence-electron chi connectivity index (χ4n) is 2.90. The topological polar surface area (TPSA) is 56.7 Å². The Hall–Kier alpha value is -1.42. The van der Waals surface area contributed by atoms with Crippen LogP contribution in [-0.4, -0.2) is 20.6 Å². The number of pyridine rings is 1. The summed E-state index contributed by atoms with van der Waals surface area (Å²) >= 11 is 0. The first-order valence-electron chi connectivity index (χ1n) is 6.35. The molecule has 1 aliphatic rings. The van der Waals surface area contributed by atoms with Crippen LogP contribution in [0.1, 0.15) is 37.9 Å². The predicted molar refractivity (Wildman–Crippen MR) is 67.8 cm³/mol. The molecule has 1 saturated carbocycles. The van der Waals surface area contributed by atoms with E-state index in [2.05, 4.69) is 16.5 Å². The largest absolute Gasteiger partial charge is 0.328 e. The molecule has 0 bridgehead atoms. The van der Waals surface area contributed by atoms with Crippen molar-refractivity contribution in [3.05, 3.63) is 24.3 Å². The summed E-state index contributed by atoms with van der Waals surface area (Å²) in [6, 6.07) is 2.40. The first kappa shape index (κ1) is 10.7. The van der Waals surface area contributed by atoms with E-state index in [0.29, 0.717) is 12.0 Å². The van der Waals surface area contributed by atoms with E-state index in [1.807, 2.05) is 18.5 Å². The van der Waals surface area contributed by atoms with Crippen molar-refractivity contribution >= 4 is 11.0 Å². The van der Waals surface area contributed by atoms with Gasteiger partial charge in [0.05, 0.1) is 11.7 Å². The molecule has 90 valence electrons. The molecule has 0 saturated heterocycles. The highest BCUT2D eigenvalue weighted by atomic mass is 15.1. The molecule has 2 heterocycles. The van der Waals surface area contributed by atoms with Crippen molar-refractivity contribution in [1.29, 1.82) is 0 Å². The normalized spacial score (nSPS) is 24.6. The summed E-state index contributed by atoms with van der Waals surface area (Å²) in [5, 5.41) is 0. The third-order valence-corrected chi connectivity index (χ3v) is 3.73. The van der Waals surface area contributed by atoms with Crippen LogP contribution < -0.4 is 5.73 Å². The average Bonchev–Trinajstić information content (AvgIpc) is 2.91. The van der Waals surface area contributed by atoms with Gasteiger partial charge in [0, 0.05) is 24.7 Å². The molecule has 2 aromatic heterocycles. The van der Waals surface area contributed by atoms with Crippen molar-refractivity contribution in [2.45, 2.75) is 44.7 Å². The van der Waals surface area contributed by atoms with Crippen LogP contribution >= 0.6 is 0 Å². The summed E-state index contributed by atoms with van der Waals surface area (Å²) < 4.78 is 2.31. The lowest BCUT2D eigenvalue weighted by Gasteiger charge is -2.11. The molecule has 2 N–H and O–H groups in total. The van der Waals surface area contributed by atoms with E-state index in [1.54, 1.807) is 0 Å². The molecule has 0 spiro atoms. The van der Waals surface area contributed by atoms with Gasteiger partial charge in [0.1, 0.15) is 11.3 Å². The van der Waals surface area contributed by atoms with Crippen LogP contribution in [0.3, 0.4) is 0 Å². The maximum atomic E-state index is 6.00. The van der Waals surface area contributed by atoms with Gasteiger partial charge in [0.2, 0.25) is 0 Å². The molecule has 0 aromatic carbocycles. The Morgan fingerprint density at radius 2 is 2.35 bits per heavy atom. The Labute approximate surface area is 101 Å². The van der Waals surface area contributed by atoms with Crippen molar-refractivity contribution in [1.82, 2.24) is 14.5 Å². The lowest BCUT2D eigenvalue weighted by atomic mass is 10.1. The summed E-state index contributed by atoms with van der Waals surface area (Å²) in [5.74, 6) is 1.72. The number of nitrogens with zero attached hydrogens (tertiary/aromatic N) is 3. The van der Waals surface area contributed by atoms with Crippen molar-refractivity contribution in [2.24, 2.45) is 5.73 Å². The highest BCUT2D eigenvalue weighted by molar-refractivity contribution is 5.74. The third-order valence-electron chi connectivity index (χ3n) is 3.73. The Balaban J connectivity index is 2.09. The Bertz CT molecular complexity index is 531. The van der Waals surface area contributed by atoms with Gasteiger partial charge >= 0.3 is 0 Å². The van der Waals surface area contributed by atoms with Crippen LogP contribution in [0.25, 0.3) is 11.0 Å². The van der Waals surface area contributed by atoms with Gasteiger partial charge in [-0.15, -0.1) is 0 Å². The number of imidazole rings is 1. The Morgan fingerprint density at radius 1 is 1.47 bits per heavy atom. The second kappa shape index (κ2) is 4.11. The number of rotatable bonds is 2. The van der Waals surface area contributed by atoms with Crippen molar-refractivity contribution in [3.63, 3.8) is 0 Å². The lowest BCUT2D eigenvalue weighted by Crippen LogP contribution is -2.15. The fraction of sp³-hybridized carbons (Fsp3) is 0.538. The fourth-order valence-corrected chi connectivity index (χ4v) is 2.90. The SMILES string of the molecule is CCn1c(C2CCC(N)C2)nc2cnccc21. The molecule has 2 atom stereocenters.